The third kappa shape index (κ3) is 3.32. The van der Waals surface area contributed by atoms with E-state index < -0.39 is 0 Å². The van der Waals surface area contributed by atoms with Crippen LogP contribution < -0.4 is 0 Å². The number of rotatable bonds is 4. The Labute approximate surface area is 136 Å². The Balaban J connectivity index is 1.40. The first-order valence-electron chi connectivity index (χ1n) is 8.71. The standard InChI is InChI=1S/C19H23FN2O/c20-16-5-3-4-14(10-16)11-18-12-21-19(23-18)15-8-9-22(13-15)17-6-1-2-7-17/h3-5,10,12,15,17H,1-2,6-9,11,13H2. The second kappa shape index (κ2) is 6.44. The fourth-order valence-electron chi connectivity index (χ4n) is 4.03. The number of benzene rings is 1. The summed E-state index contributed by atoms with van der Waals surface area (Å²) in [7, 11) is 0. The van der Waals surface area contributed by atoms with Crippen molar-refractivity contribution in [1.29, 1.82) is 0 Å². The molecule has 23 heavy (non-hydrogen) atoms. The summed E-state index contributed by atoms with van der Waals surface area (Å²) in [6.45, 7) is 2.24. The van der Waals surface area contributed by atoms with Crippen molar-refractivity contribution in [3.05, 3.63) is 53.5 Å². The molecule has 1 aliphatic heterocycles. The molecule has 4 heteroatoms. The molecule has 1 aromatic carbocycles. The van der Waals surface area contributed by atoms with Crippen molar-refractivity contribution >= 4 is 0 Å². The smallest absolute Gasteiger partial charge is 0.198 e. The van der Waals surface area contributed by atoms with Crippen molar-refractivity contribution in [2.24, 2.45) is 0 Å². The lowest BCUT2D eigenvalue weighted by atomic mass is 10.1. The summed E-state index contributed by atoms with van der Waals surface area (Å²) < 4.78 is 19.2. The molecule has 1 unspecified atom stereocenters. The van der Waals surface area contributed by atoms with Gasteiger partial charge in [0.15, 0.2) is 5.89 Å². The van der Waals surface area contributed by atoms with E-state index in [-0.39, 0.29) is 5.82 Å². The van der Waals surface area contributed by atoms with Crippen LogP contribution in [0.25, 0.3) is 0 Å². The SMILES string of the molecule is Fc1cccc(Cc2cnc(C3CCN(C4CCCC4)C3)o2)c1. The number of hydrogen-bond acceptors (Lipinski definition) is 3. The Kier molecular flexibility index (Phi) is 4.17. The average Bonchev–Trinajstić information content (AvgIpc) is 3.28. The van der Waals surface area contributed by atoms with E-state index in [1.54, 1.807) is 18.3 Å². The zero-order valence-electron chi connectivity index (χ0n) is 13.4. The molecule has 0 spiro atoms. The van der Waals surface area contributed by atoms with E-state index in [1.807, 2.05) is 6.07 Å². The summed E-state index contributed by atoms with van der Waals surface area (Å²) in [6, 6.07) is 7.45. The number of aromatic nitrogens is 1. The van der Waals surface area contributed by atoms with Gasteiger partial charge >= 0.3 is 0 Å². The predicted octanol–water partition coefficient (Wildman–Crippen LogP) is 4.14. The topological polar surface area (TPSA) is 29.3 Å². The summed E-state index contributed by atoms with van der Waals surface area (Å²) in [5.74, 6) is 1.89. The summed E-state index contributed by atoms with van der Waals surface area (Å²) in [6.07, 6.45) is 9.00. The predicted molar refractivity (Wildman–Crippen MR) is 86.9 cm³/mol. The maximum Gasteiger partial charge on any atom is 0.198 e. The molecule has 2 aromatic rings. The molecule has 1 atom stereocenters. The van der Waals surface area contributed by atoms with Gasteiger partial charge in [0.1, 0.15) is 11.6 Å². The van der Waals surface area contributed by atoms with E-state index in [0.29, 0.717) is 12.3 Å². The maximum absolute atomic E-state index is 13.3. The molecule has 2 heterocycles. The van der Waals surface area contributed by atoms with Gasteiger partial charge in [-0.2, -0.15) is 0 Å². The molecule has 0 bridgehead atoms. The normalized spacial score (nSPS) is 22.9. The molecule has 2 fully saturated rings. The molecule has 0 N–H and O–H groups in total. The van der Waals surface area contributed by atoms with Crippen LogP contribution in [0, 0.1) is 5.82 Å². The lowest BCUT2D eigenvalue weighted by molar-refractivity contribution is 0.240. The van der Waals surface area contributed by atoms with Crippen LogP contribution in [0.3, 0.4) is 0 Å². The van der Waals surface area contributed by atoms with Crippen LogP contribution in [0.5, 0.6) is 0 Å². The van der Waals surface area contributed by atoms with E-state index in [4.69, 9.17) is 4.42 Å². The molecule has 0 radical (unpaired) electrons. The van der Waals surface area contributed by atoms with Crippen molar-refractivity contribution in [2.75, 3.05) is 13.1 Å². The summed E-state index contributed by atoms with van der Waals surface area (Å²) >= 11 is 0. The largest absolute Gasteiger partial charge is 0.445 e. The van der Waals surface area contributed by atoms with Gasteiger partial charge < -0.3 is 4.42 Å². The van der Waals surface area contributed by atoms with Crippen molar-refractivity contribution in [3.63, 3.8) is 0 Å². The van der Waals surface area contributed by atoms with E-state index in [0.717, 1.165) is 42.8 Å². The molecule has 1 aromatic heterocycles. The maximum atomic E-state index is 13.3. The number of likely N-dealkylation sites (tertiary alicyclic amines) is 1. The van der Waals surface area contributed by atoms with Gasteiger partial charge in [-0.15, -0.1) is 0 Å². The zero-order valence-corrected chi connectivity index (χ0v) is 13.4. The second-order valence-corrected chi connectivity index (χ2v) is 6.89. The van der Waals surface area contributed by atoms with Gasteiger partial charge in [0, 0.05) is 24.9 Å². The highest BCUT2D eigenvalue weighted by Gasteiger charge is 2.32. The molecule has 2 aliphatic rings. The Morgan fingerprint density at radius 3 is 2.91 bits per heavy atom. The van der Waals surface area contributed by atoms with Gasteiger partial charge in [-0.3, -0.25) is 4.90 Å². The van der Waals surface area contributed by atoms with Crippen LogP contribution in [0.2, 0.25) is 0 Å². The van der Waals surface area contributed by atoms with E-state index in [9.17, 15) is 4.39 Å². The first kappa shape index (κ1) is 14.9. The van der Waals surface area contributed by atoms with E-state index in [1.165, 1.54) is 31.7 Å². The molecule has 1 saturated heterocycles. The number of hydrogen-bond donors (Lipinski definition) is 0. The average molecular weight is 314 g/mol. The number of halogens is 1. The minimum absolute atomic E-state index is 0.203. The first-order chi connectivity index (χ1) is 11.3. The monoisotopic (exact) mass is 314 g/mol. The summed E-state index contributed by atoms with van der Waals surface area (Å²) in [5.41, 5.74) is 0.923. The van der Waals surface area contributed by atoms with Crippen molar-refractivity contribution in [2.45, 2.75) is 50.5 Å². The molecule has 0 amide bonds. The van der Waals surface area contributed by atoms with Gasteiger partial charge in [-0.05, 0) is 43.5 Å². The number of nitrogens with zero attached hydrogens (tertiary/aromatic N) is 2. The lowest BCUT2D eigenvalue weighted by Gasteiger charge is -2.22. The van der Waals surface area contributed by atoms with Crippen LogP contribution in [-0.4, -0.2) is 29.0 Å². The summed E-state index contributed by atoms with van der Waals surface area (Å²) in [4.78, 5) is 7.11. The van der Waals surface area contributed by atoms with Crippen LogP contribution in [0.1, 0.15) is 55.2 Å². The van der Waals surface area contributed by atoms with Crippen LogP contribution in [0.4, 0.5) is 4.39 Å². The molecule has 4 rings (SSSR count). The van der Waals surface area contributed by atoms with Gasteiger partial charge in [-0.25, -0.2) is 9.37 Å². The minimum atomic E-state index is -0.203. The van der Waals surface area contributed by atoms with Crippen LogP contribution in [0.15, 0.2) is 34.9 Å². The van der Waals surface area contributed by atoms with Crippen molar-refractivity contribution in [3.8, 4) is 0 Å². The van der Waals surface area contributed by atoms with Gasteiger partial charge in [0.25, 0.3) is 0 Å². The van der Waals surface area contributed by atoms with Crippen LogP contribution >= 0.6 is 0 Å². The quantitative estimate of drug-likeness (QED) is 0.849. The van der Waals surface area contributed by atoms with Gasteiger partial charge in [0.05, 0.1) is 6.20 Å². The van der Waals surface area contributed by atoms with Gasteiger partial charge in [0.2, 0.25) is 0 Å². The molecule has 1 aliphatic carbocycles. The molecular formula is C19H23FN2O. The third-order valence-corrected chi connectivity index (χ3v) is 5.25. The highest BCUT2D eigenvalue weighted by Crippen LogP contribution is 2.33. The summed E-state index contributed by atoms with van der Waals surface area (Å²) in [5, 5.41) is 0. The third-order valence-electron chi connectivity index (χ3n) is 5.25. The molecule has 3 nitrogen and oxygen atoms in total. The van der Waals surface area contributed by atoms with Crippen molar-refractivity contribution < 1.29 is 8.81 Å². The van der Waals surface area contributed by atoms with Crippen molar-refractivity contribution in [1.82, 2.24) is 9.88 Å². The van der Waals surface area contributed by atoms with E-state index in [2.05, 4.69) is 9.88 Å². The zero-order chi connectivity index (χ0) is 15.6. The molecular weight excluding hydrogens is 291 g/mol. The Morgan fingerprint density at radius 1 is 1.22 bits per heavy atom. The first-order valence-corrected chi connectivity index (χ1v) is 8.71. The Hall–Kier alpha value is -1.68. The Morgan fingerprint density at radius 2 is 2.09 bits per heavy atom. The number of oxazole rings is 1. The molecule has 1 saturated carbocycles. The fraction of sp³-hybridized carbons (Fsp3) is 0.526. The lowest BCUT2D eigenvalue weighted by Crippen LogP contribution is -2.30. The van der Waals surface area contributed by atoms with E-state index >= 15 is 0 Å². The second-order valence-electron chi connectivity index (χ2n) is 6.89. The highest BCUT2D eigenvalue weighted by molar-refractivity contribution is 5.21. The van der Waals surface area contributed by atoms with Gasteiger partial charge in [-0.1, -0.05) is 25.0 Å². The van der Waals surface area contributed by atoms with Crippen LogP contribution in [-0.2, 0) is 6.42 Å². The highest BCUT2D eigenvalue weighted by atomic mass is 19.1. The Bertz CT molecular complexity index is 663. The molecule has 122 valence electrons. The minimum Gasteiger partial charge on any atom is -0.445 e. The fourth-order valence-corrected chi connectivity index (χ4v) is 4.03.